The molecule has 0 unspecified atom stereocenters. The van der Waals surface area contributed by atoms with Crippen molar-refractivity contribution in [3.05, 3.63) is 53.9 Å². The van der Waals surface area contributed by atoms with Crippen LogP contribution in [0.2, 0.25) is 0 Å². The number of carbonyl (C=O) groups is 1. The number of nitrogens with zero attached hydrogens (tertiary/aromatic N) is 1. The minimum atomic E-state index is -0.170. The number of aromatic nitrogens is 1. The van der Waals surface area contributed by atoms with Gasteiger partial charge in [-0.1, -0.05) is 18.2 Å². The van der Waals surface area contributed by atoms with E-state index in [2.05, 4.69) is 29.5 Å². The molecule has 0 spiro atoms. The lowest BCUT2D eigenvalue weighted by molar-refractivity contribution is 0.0949. The predicted octanol–water partition coefficient (Wildman–Crippen LogP) is 2.88. The number of hydrogen-bond acceptors (Lipinski definition) is 4. The van der Waals surface area contributed by atoms with Crippen LogP contribution in [0.15, 0.2) is 42.6 Å². The van der Waals surface area contributed by atoms with Crippen LogP contribution in [0.25, 0.3) is 0 Å². The topological polar surface area (TPSA) is 63.2 Å². The number of methoxy groups -OCH3 is 1. The summed E-state index contributed by atoms with van der Waals surface area (Å²) < 4.78 is 5.30. The molecule has 0 radical (unpaired) electrons. The fourth-order valence-corrected chi connectivity index (χ4v) is 2.26. The first-order chi connectivity index (χ1) is 11.1. The fourth-order valence-electron chi connectivity index (χ4n) is 2.26. The molecule has 0 fully saturated rings. The van der Waals surface area contributed by atoms with Gasteiger partial charge in [-0.3, -0.25) is 4.79 Å². The number of carbonyl (C=O) groups excluding carboxylic acids is 1. The first-order valence-corrected chi connectivity index (χ1v) is 7.73. The van der Waals surface area contributed by atoms with Gasteiger partial charge in [-0.05, 0) is 44.0 Å². The van der Waals surface area contributed by atoms with Crippen molar-refractivity contribution in [1.29, 1.82) is 0 Å². The molecule has 0 bridgehead atoms. The number of ether oxygens (including phenoxy) is 1. The third-order valence-corrected chi connectivity index (χ3v) is 3.32. The Bertz CT molecular complexity index is 639. The van der Waals surface area contributed by atoms with Crippen molar-refractivity contribution in [2.24, 2.45) is 0 Å². The minimum absolute atomic E-state index is 0.170. The van der Waals surface area contributed by atoms with Crippen LogP contribution in [0.5, 0.6) is 5.75 Å². The highest BCUT2D eigenvalue weighted by molar-refractivity contribution is 5.92. The van der Waals surface area contributed by atoms with Crippen molar-refractivity contribution in [2.45, 2.75) is 26.3 Å². The van der Waals surface area contributed by atoms with E-state index in [0.717, 1.165) is 17.0 Å². The summed E-state index contributed by atoms with van der Waals surface area (Å²) >= 11 is 0. The standard InChI is InChI=1S/C18H23N3O2/c1-13(2)21-15-8-9-16(20-12-15)18(22)19-11-10-14-6-4-5-7-17(14)23-3/h4-9,12-13,21H,10-11H2,1-3H3,(H,19,22). The van der Waals surface area contributed by atoms with Gasteiger partial charge in [-0.15, -0.1) is 0 Å². The van der Waals surface area contributed by atoms with Gasteiger partial charge in [0.1, 0.15) is 11.4 Å². The number of para-hydroxylation sites is 1. The van der Waals surface area contributed by atoms with Crippen molar-refractivity contribution in [1.82, 2.24) is 10.3 Å². The molecule has 0 saturated heterocycles. The molecular weight excluding hydrogens is 290 g/mol. The molecule has 0 atom stereocenters. The highest BCUT2D eigenvalue weighted by Crippen LogP contribution is 2.17. The lowest BCUT2D eigenvalue weighted by Crippen LogP contribution is -2.26. The summed E-state index contributed by atoms with van der Waals surface area (Å²) in [5.41, 5.74) is 2.39. The van der Waals surface area contributed by atoms with Crippen LogP contribution in [0.4, 0.5) is 5.69 Å². The summed E-state index contributed by atoms with van der Waals surface area (Å²) in [6.45, 7) is 4.64. The maximum atomic E-state index is 12.1. The first-order valence-electron chi connectivity index (χ1n) is 7.73. The average Bonchev–Trinajstić information content (AvgIpc) is 2.55. The lowest BCUT2D eigenvalue weighted by Gasteiger charge is -2.10. The Kier molecular flexibility index (Phi) is 5.97. The summed E-state index contributed by atoms with van der Waals surface area (Å²) in [5.74, 6) is 0.667. The van der Waals surface area contributed by atoms with Crippen molar-refractivity contribution in [3.63, 3.8) is 0 Å². The summed E-state index contributed by atoms with van der Waals surface area (Å²) in [6.07, 6.45) is 2.39. The van der Waals surface area contributed by atoms with E-state index < -0.39 is 0 Å². The summed E-state index contributed by atoms with van der Waals surface area (Å²) in [7, 11) is 1.65. The van der Waals surface area contributed by atoms with E-state index in [1.165, 1.54) is 0 Å². The van der Waals surface area contributed by atoms with Gasteiger partial charge < -0.3 is 15.4 Å². The van der Waals surface area contributed by atoms with Crippen molar-refractivity contribution in [3.8, 4) is 5.75 Å². The number of pyridine rings is 1. The number of nitrogens with one attached hydrogen (secondary N) is 2. The second-order valence-electron chi connectivity index (χ2n) is 5.55. The Balaban J connectivity index is 1.87. The largest absolute Gasteiger partial charge is 0.496 e. The molecule has 1 heterocycles. The quantitative estimate of drug-likeness (QED) is 0.825. The van der Waals surface area contributed by atoms with E-state index in [1.807, 2.05) is 30.3 Å². The van der Waals surface area contributed by atoms with Gasteiger partial charge in [-0.25, -0.2) is 4.98 Å². The van der Waals surface area contributed by atoms with Crippen LogP contribution in [-0.4, -0.2) is 30.6 Å². The Morgan fingerprint density at radius 2 is 2.00 bits per heavy atom. The minimum Gasteiger partial charge on any atom is -0.496 e. The van der Waals surface area contributed by atoms with E-state index in [-0.39, 0.29) is 5.91 Å². The normalized spacial score (nSPS) is 10.4. The van der Waals surface area contributed by atoms with Crippen LogP contribution in [0.3, 0.4) is 0 Å². The Labute approximate surface area is 137 Å². The summed E-state index contributed by atoms with van der Waals surface area (Å²) in [5, 5.41) is 6.12. The second kappa shape index (κ2) is 8.17. The highest BCUT2D eigenvalue weighted by Gasteiger charge is 2.08. The van der Waals surface area contributed by atoms with Crippen molar-refractivity contribution < 1.29 is 9.53 Å². The van der Waals surface area contributed by atoms with Gasteiger partial charge in [0, 0.05) is 12.6 Å². The van der Waals surface area contributed by atoms with Crippen LogP contribution >= 0.6 is 0 Å². The molecule has 1 aromatic carbocycles. The zero-order valence-electron chi connectivity index (χ0n) is 13.8. The summed E-state index contributed by atoms with van der Waals surface area (Å²) in [4.78, 5) is 16.3. The molecule has 0 aliphatic rings. The van der Waals surface area contributed by atoms with E-state index >= 15 is 0 Å². The molecule has 2 N–H and O–H groups in total. The number of amides is 1. The van der Waals surface area contributed by atoms with Crippen molar-refractivity contribution in [2.75, 3.05) is 19.0 Å². The number of hydrogen-bond donors (Lipinski definition) is 2. The first kappa shape index (κ1) is 16.8. The summed E-state index contributed by atoms with van der Waals surface area (Å²) in [6, 6.07) is 11.7. The third-order valence-electron chi connectivity index (χ3n) is 3.32. The molecule has 5 heteroatoms. The van der Waals surface area contributed by atoms with E-state index in [4.69, 9.17) is 4.74 Å². The smallest absolute Gasteiger partial charge is 0.269 e. The second-order valence-corrected chi connectivity index (χ2v) is 5.55. The molecule has 2 rings (SSSR count). The maximum absolute atomic E-state index is 12.1. The number of benzene rings is 1. The molecule has 0 aliphatic carbocycles. The SMILES string of the molecule is COc1ccccc1CCNC(=O)c1ccc(NC(C)C)cn1. The number of rotatable bonds is 7. The average molecular weight is 313 g/mol. The van der Waals surface area contributed by atoms with Gasteiger partial charge in [0.2, 0.25) is 0 Å². The molecule has 2 aromatic rings. The van der Waals surface area contributed by atoms with Gasteiger partial charge in [0.25, 0.3) is 5.91 Å². The van der Waals surface area contributed by atoms with Gasteiger partial charge in [-0.2, -0.15) is 0 Å². The zero-order chi connectivity index (χ0) is 16.7. The third kappa shape index (κ3) is 4.98. The van der Waals surface area contributed by atoms with E-state index in [9.17, 15) is 4.79 Å². The lowest BCUT2D eigenvalue weighted by atomic mass is 10.1. The highest BCUT2D eigenvalue weighted by atomic mass is 16.5. The van der Waals surface area contributed by atoms with Crippen molar-refractivity contribution >= 4 is 11.6 Å². The van der Waals surface area contributed by atoms with E-state index in [1.54, 1.807) is 19.4 Å². The molecule has 23 heavy (non-hydrogen) atoms. The molecule has 0 saturated carbocycles. The van der Waals surface area contributed by atoms with Crippen LogP contribution in [0.1, 0.15) is 29.9 Å². The molecule has 122 valence electrons. The van der Waals surface area contributed by atoms with Gasteiger partial charge in [0.05, 0.1) is 19.0 Å². The Morgan fingerprint density at radius 1 is 1.22 bits per heavy atom. The molecule has 0 aliphatic heterocycles. The van der Waals surface area contributed by atoms with Crippen LogP contribution in [-0.2, 0) is 6.42 Å². The fraction of sp³-hybridized carbons (Fsp3) is 0.333. The van der Waals surface area contributed by atoms with Crippen LogP contribution < -0.4 is 15.4 Å². The number of anilines is 1. The molecular formula is C18H23N3O2. The van der Waals surface area contributed by atoms with E-state index in [0.29, 0.717) is 24.7 Å². The monoisotopic (exact) mass is 313 g/mol. The molecule has 5 nitrogen and oxygen atoms in total. The van der Waals surface area contributed by atoms with Crippen LogP contribution in [0, 0.1) is 0 Å². The zero-order valence-corrected chi connectivity index (χ0v) is 13.8. The maximum Gasteiger partial charge on any atom is 0.269 e. The Morgan fingerprint density at radius 3 is 2.65 bits per heavy atom. The molecule has 1 aromatic heterocycles. The van der Waals surface area contributed by atoms with Gasteiger partial charge in [0.15, 0.2) is 0 Å². The Hall–Kier alpha value is -2.56. The predicted molar refractivity (Wildman–Crippen MR) is 92.0 cm³/mol. The van der Waals surface area contributed by atoms with Gasteiger partial charge >= 0.3 is 0 Å². The molecule has 1 amide bonds.